The molecule has 2 heterocycles. The van der Waals surface area contributed by atoms with E-state index in [1.807, 2.05) is 0 Å². The number of ketones is 4. The van der Waals surface area contributed by atoms with Crippen LogP contribution in [-0.4, -0.2) is 34.6 Å². The third kappa shape index (κ3) is 5.15. The molecule has 2 aromatic heterocycles. The molecular weight excluding hydrogens is 781 g/mol. The molecule has 310 valence electrons. The van der Waals surface area contributed by atoms with Gasteiger partial charge < -0.3 is 0 Å². The molecule has 60 heavy (non-hydrogen) atoms. The molecule has 0 N–H and O–H groups in total. The number of aliphatic imine (C=N–C) groups is 2. The zero-order chi connectivity index (χ0) is 40.1. The predicted molar refractivity (Wildman–Crippen MR) is 238 cm³/mol. The first kappa shape index (κ1) is 37.2. The largest absolute Gasteiger partial charge is 0.292 e. The van der Waals surface area contributed by atoms with Crippen LogP contribution in [0.15, 0.2) is 34.3 Å². The molecule has 8 unspecified atom stereocenters. The summed E-state index contributed by atoms with van der Waals surface area (Å²) in [5, 5.41) is 1.66. The van der Waals surface area contributed by atoms with E-state index in [1.165, 1.54) is 133 Å². The molecule has 6 nitrogen and oxygen atoms in total. The summed E-state index contributed by atoms with van der Waals surface area (Å²) >= 11 is 3.41. The summed E-state index contributed by atoms with van der Waals surface area (Å²) in [6.07, 6.45) is 25.0. The molecule has 3 aromatic rings. The zero-order valence-electron chi connectivity index (χ0n) is 34.8. The molecule has 1 aromatic carbocycles. The Hall–Kier alpha value is -3.36. The highest BCUT2D eigenvalue weighted by atomic mass is 32.1. The molecule has 8 heteroatoms. The smallest absolute Gasteiger partial charge is 0.188 e. The summed E-state index contributed by atoms with van der Waals surface area (Å²) in [5.41, 5.74) is 8.56. The van der Waals surface area contributed by atoms with Crippen LogP contribution in [-0.2, 0) is 30.0 Å². The van der Waals surface area contributed by atoms with E-state index < -0.39 is 0 Å². The normalized spacial score (nSPS) is 34.2. The monoisotopic (exact) mass is 836 g/mol. The molecule has 0 aliphatic heterocycles. The molecule has 10 aliphatic carbocycles. The number of carbonyl (C=O) groups is 4. The summed E-state index contributed by atoms with van der Waals surface area (Å²) in [4.78, 5) is 68.5. The number of benzene rings is 1. The minimum atomic E-state index is -0.164. The van der Waals surface area contributed by atoms with E-state index in [2.05, 4.69) is 24.3 Å². The van der Waals surface area contributed by atoms with Crippen molar-refractivity contribution < 1.29 is 19.2 Å². The van der Waals surface area contributed by atoms with Crippen molar-refractivity contribution in [3.63, 3.8) is 0 Å². The van der Waals surface area contributed by atoms with Gasteiger partial charge in [-0.3, -0.25) is 19.2 Å². The van der Waals surface area contributed by atoms with Gasteiger partial charge in [0.05, 0.1) is 0 Å². The highest BCUT2D eigenvalue weighted by Gasteiger charge is 2.55. The van der Waals surface area contributed by atoms with Crippen LogP contribution in [0, 0.1) is 47.3 Å². The number of Topliss-reactive ketones (excluding diaryl/α,β-unsaturated/α-hetero) is 4. The van der Waals surface area contributed by atoms with Crippen molar-refractivity contribution in [1.29, 1.82) is 0 Å². The van der Waals surface area contributed by atoms with E-state index in [0.29, 0.717) is 23.7 Å². The van der Waals surface area contributed by atoms with Gasteiger partial charge in [-0.25, -0.2) is 9.98 Å². The number of rotatable bonds is 2. The van der Waals surface area contributed by atoms with Crippen LogP contribution in [0.4, 0.5) is 10.0 Å². The molecule has 8 fully saturated rings. The van der Waals surface area contributed by atoms with Crippen molar-refractivity contribution in [2.24, 2.45) is 57.3 Å². The van der Waals surface area contributed by atoms with Gasteiger partial charge in [-0.05, 0) is 133 Å². The van der Waals surface area contributed by atoms with E-state index >= 15 is 0 Å². The van der Waals surface area contributed by atoms with Gasteiger partial charge in [-0.1, -0.05) is 89.9 Å². The van der Waals surface area contributed by atoms with E-state index in [4.69, 9.17) is 9.98 Å². The van der Waals surface area contributed by atoms with Gasteiger partial charge in [-0.2, -0.15) is 0 Å². The third-order valence-corrected chi connectivity index (χ3v) is 20.7. The van der Waals surface area contributed by atoms with Crippen LogP contribution in [0.1, 0.15) is 164 Å². The van der Waals surface area contributed by atoms with Gasteiger partial charge in [0.25, 0.3) is 0 Å². The number of hydrogen-bond acceptors (Lipinski definition) is 8. The SMILES string of the molecule is O=C1C(=Nc2cc3c(s2)-c2cc4c(cc2C32CCCCC2)-c2sc(N=C3C(=O)C5CC6CCCCC6CC5C3=O)cc2C42CCCCC2)C(=O)C2CC3CCCCC3CC12. The second kappa shape index (κ2) is 13.6. The second-order valence-corrected chi connectivity index (χ2v) is 23.3. The average Bonchev–Trinajstić information content (AvgIpc) is 4.09. The van der Waals surface area contributed by atoms with Crippen molar-refractivity contribution in [2.45, 2.75) is 152 Å². The van der Waals surface area contributed by atoms with Gasteiger partial charge >= 0.3 is 0 Å². The second-order valence-electron chi connectivity index (χ2n) is 21.2. The van der Waals surface area contributed by atoms with E-state index in [0.717, 1.165) is 61.4 Å². The lowest BCUT2D eigenvalue weighted by atomic mass is 9.64. The Morgan fingerprint density at radius 3 is 1.08 bits per heavy atom. The van der Waals surface area contributed by atoms with Crippen molar-refractivity contribution in [3.05, 3.63) is 46.5 Å². The lowest BCUT2D eigenvalue weighted by Gasteiger charge is -2.39. The molecule has 8 atom stereocenters. The van der Waals surface area contributed by atoms with Gasteiger partial charge in [0.15, 0.2) is 34.6 Å². The summed E-state index contributed by atoms with van der Waals surface area (Å²) in [6.45, 7) is 0. The van der Waals surface area contributed by atoms with Crippen LogP contribution in [0.5, 0.6) is 0 Å². The van der Waals surface area contributed by atoms with Crippen molar-refractivity contribution >= 4 is 67.2 Å². The van der Waals surface area contributed by atoms with Crippen molar-refractivity contribution in [3.8, 4) is 20.9 Å². The first-order valence-corrected chi connectivity index (χ1v) is 25.8. The van der Waals surface area contributed by atoms with E-state index in [-0.39, 0.29) is 69.1 Å². The number of nitrogens with zero attached hydrogens (tertiary/aromatic N) is 2. The maximum absolute atomic E-state index is 14.0. The summed E-state index contributed by atoms with van der Waals surface area (Å²) < 4.78 is 0. The number of hydrogen-bond donors (Lipinski definition) is 0. The minimum Gasteiger partial charge on any atom is -0.292 e. The van der Waals surface area contributed by atoms with E-state index in [1.54, 1.807) is 22.7 Å². The first-order chi connectivity index (χ1) is 29.3. The molecule has 8 saturated carbocycles. The molecule has 0 radical (unpaired) electrons. The maximum Gasteiger partial charge on any atom is 0.188 e. The first-order valence-electron chi connectivity index (χ1n) is 24.1. The fourth-order valence-electron chi connectivity index (χ4n) is 15.7. The minimum absolute atomic E-state index is 0.0146. The molecular formula is C52H56N2O4S2. The molecule has 0 amide bonds. The highest BCUT2D eigenvalue weighted by molar-refractivity contribution is 7.20. The molecule has 2 spiro atoms. The number of thiophene rings is 2. The topological polar surface area (TPSA) is 93.0 Å². The van der Waals surface area contributed by atoms with Gasteiger partial charge in [-0.15, -0.1) is 22.7 Å². The van der Waals surface area contributed by atoms with Gasteiger partial charge in [0.1, 0.15) is 10.0 Å². The van der Waals surface area contributed by atoms with Crippen molar-refractivity contribution in [1.82, 2.24) is 0 Å². The fourth-order valence-corrected chi connectivity index (χ4v) is 18.1. The van der Waals surface area contributed by atoms with Crippen LogP contribution in [0.25, 0.3) is 20.9 Å². The average molecular weight is 837 g/mol. The van der Waals surface area contributed by atoms with Gasteiger partial charge in [0, 0.05) is 44.3 Å². The Labute approximate surface area is 361 Å². The third-order valence-electron chi connectivity index (χ3n) is 18.6. The Kier molecular flexibility index (Phi) is 8.42. The van der Waals surface area contributed by atoms with Crippen molar-refractivity contribution in [2.75, 3.05) is 0 Å². The lowest BCUT2D eigenvalue weighted by molar-refractivity contribution is -0.123. The van der Waals surface area contributed by atoms with E-state index in [9.17, 15) is 19.2 Å². The maximum atomic E-state index is 14.0. The Morgan fingerprint density at radius 1 is 0.417 bits per heavy atom. The summed E-state index contributed by atoms with van der Waals surface area (Å²) in [5.74, 6) is 1.78. The quantitative estimate of drug-likeness (QED) is 0.257. The fraction of sp³-hybridized carbons (Fsp3) is 0.615. The molecule has 10 aliphatic rings. The lowest BCUT2D eigenvalue weighted by Crippen LogP contribution is -2.35. The predicted octanol–water partition coefficient (Wildman–Crippen LogP) is 12.4. The Balaban J connectivity index is 0.882. The summed E-state index contributed by atoms with van der Waals surface area (Å²) in [7, 11) is 0. The van der Waals surface area contributed by atoms with Crippen LogP contribution >= 0.6 is 22.7 Å². The molecule has 0 bridgehead atoms. The Morgan fingerprint density at radius 2 is 0.750 bits per heavy atom. The summed E-state index contributed by atoms with van der Waals surface area (Å²) in [6, 6.07) is 9.66. The standard InChI is InChI=1S/C52H56N2O4S2/c55-45-31-19-27-11-3-4-12-28(27)20-32(31)46(56)43(45)53-41-25-39-49(59-41)35-24-38-36(23-37(35)51(39)15-7-1-8-16-51)50-40(52(38)17-9-2-10-18-52)26-42(60-50)54-44-47(57)33-21-29-13-5-6-14-30(29)22-34(33)48(44)58/h23-34H,1-22H2. The van der Waals surface area contributed by atoms with Crippen LogP contribution in [0.2, 0.25) is 0 Å². The molecule has 13 rings (SSSR count). The van der Waals surface area contributed by atoms with Crippen LogP contribution < -0.4 is 0 Å². The van der Waals surface area contributed by atoms with Crippen LogP contribution in [0.3, 0.4) is 0 Å². The highest BCUT2D eigenvalue weighted by Crippen LogP contribution is 2.66. The zero-order valence-corrected chi connectivity index (χ0v) is 36.5. The van der Waals surface area contributed by atoms with Gasteiger partial charge in [0.2, 0.25) is 0 Å². The number of fused-ring (bicyclic) bond motifs is 14. The molecule has 0 saturated heterocycles. The number of carbonyl (C=O) groups excluding carboxylic acids is 4. The Bertz CT molecular complexity index is 2230.